The highest BCUT2D eigenvalue weighted by atomic mass is 15.1. The lowest BCUT2D eigenvalue weighted by molar-refractivity contribution is 0.845. The summed E-state index contributed by atoms with van der Waals surface area (Å²) < 4.78 is 1.83. The molecule has 0 fully saturated rings. The van der Waals surface area contributed by atoms with E-state index in [1.807, 2.05) is 37.6 Å². The summed E-state index contributed by atoms with van der Waals surface area (Å²) in [4.78, 5) is 4.48. The molecule has 2 aromatic rings. The summed E-state index contributed by atoms with van der Waals surface area (Å²) in [5.41, 5.74) is 4.81. The minimum Gasteiger partial charge on any atom is -0.323 e. The molecule has 0 atom stereocenters. The maximum atomic E-state index is 9.21. The molecule has 3 nitrogen and oxygen atoms in total. The van der Waals surface area contributed by atoms with Crippen molar-refractivity contribution >= 4 is 0 Å². The predicted molar refractivity (Wildman–Crippen MR) is 67.6 cm³/mol. The van der Waals surface area contributed by atoms with E-state index in [-0.39, 0.29) is 0 Å². The molecule has 0 radical (unpaired) electrons. The van der Waals surface area contributed by atoms with Crippen molar-refractivity contribution in [3.63, 3.8) is 0 Å². The minimum atomic E-state index is 0.620. The van der Waals surface area contributed by atoms with Crippen molar-refractivity contribution in [1.29, 1.82) is 5.26 Å². The molecular weight excluding hydrogens is 210 g/mol. The van der Waals surface area contributed by atoms with Gasteiger partial charge in [0, 0.05) is 12.6 Å². The normalized spacial score (nSPS) is 10.3. The van der Waals surface area contributed by atoms with E-state index in [9.17, 15) is 5.26 Å². The van der Waals surface area contributed by atoms with Crippen LogP contribution >= 0.6 is 0 Å². The fourth-order valence-electron chi connectivity index (χ4n) is 2.01. The summed E-state index contributed by atoms with van der Waals surface area (Å²) in [5, 5.41) is 9.21. The van der Waals surface area contributed by atoms with Crippen molar-refractivity contribution in [2.24, 2.45) is 7.05 Å². The Kier molecular flexibility index (Phi) is 2.72. The monoisotopic (exact) mass is 225 g/mol. The van der Waals surface area contributed by atoms with Crippen LogP contribution in [0, 0.1) is 32.1 Å². The van der Waals surface area contributed by atoms with E-state index in [4.69, 9.17) is 0 Å². The first-order valence-corrected chi connectivity index (χ1v) is 5.55. The van der Waals surface area contributed by atoms with Crippen molar-refractivity contribution in [2.75, 3.05) is 0 Å². The second-order valence-corrected chi connectivity index (χ2v) is 4.35. The number of rotatable bonds is 1. The molecule has 0 aliphatic carbocycles. The average Bonchev–Trinajstić information content (AvgIpc) is 2.55. The number of nitrogens with zero attached hydrogens (tertiary/aromatic N) is 3. The van der Waals surface area contributed by atoms with Crippen molar-refractivity contribution < 1.29 is 0 Å². The van der Waals surface area contributed by atoms with Gasteiger partial charge >= 0.3 is 0 Å². The first-order valence-electron chi connectivity index (χ1n) is 5.55. The summed E-state index contributed by atoms with van der Waals surface area (Å²) in [6.45, 7) is 6.02. The topological polar surface area (TPSA) is 41.6 Å². The van der Waals surface area contributed by atoms with Crippen LogP contribution in [0.5, 0.6) is 0 Å². The smallest absolute Gasteiger partial charge is 0.147 e. The summed E-state index contributed by atoms with van der Waals surface area (Å²) in [7, 11) is 1.87. The van der Waals surface area contributed by atoms with Gasteiger partial charge in [0.15, 0.2) is 0 Å². The number of aryl methyl sites for hydroxylation is 3. The lowest BCUT2D eigenvalue weighted by Crippen LogP contribution is -1.95. The summed E-state index contributed by atoms with van der Waals surface area (Å²) in [6.07, 6.45) is 0. The molecule has 0 saturated carbocycles. The Labute approximate surface area is 101 Å². The molecule has 0 saturated heterocycles. The molecule has 0 N–H and O–H groups in total. The zero-order valence-corrected chi connectivity index (χ0v) is 10.6. The molecule has 3 heteroatoms. The minimum absolute atomic E-state index is 0.620. The molecule has 0 aliphatic heterocycles. The highest BCUT2D eigenvalue weighted by Crippen LogP contribution is 2.26. The highest BCUT2D eigenvalue weighted by molar-refractivity contribution is 5.69. The van der Waals surface area contributed by atoms with Gasteiger partial charge in [-0.3, -0.25) is 0 Å². The highest BCUT2D eigenvalue weighted by Gasteiger charge is 2.15. The van der Waals surface area contributed by atoms with Crippen LogP contribution in [-0.2, 0) is 7.05 Å². The molecule has 86 valence electrons. The zero-order chi connectivity index (χ0) is 12.6. The van der Waals surface area contributed by atoms with Crippen LogP contribution in [-0.4, -0.2) is 9.55 Å². The number of benzene rings is 1. The maximum absolute atomic E-state index is 9.21. The van der Waals surface area contributed by atoms with Crippen LogP contribution in [0.4, 0.5) is 0 Å². The average molecular weight is 225 g/mol. The van der Waals surface area contributed by atoms with E-state index >= 15 is 0 Å². The number of hydrogen-bond donors (Lipinski definition) is 0. The molecule has 0 spiro atoms. The van der Waals surface area contributed by atoms with Gasteiger partial charge in [-0.05, 0) is 26.3 Å². The van der Waals surface area contributed by atoms with E-state index < -0.39 is 0 Å². The third-order valence-corrected chi connectivity index (χ3v) is 3.06. The van der Waals surface area contributed by atoms with Gasteiger partial charge in [0.1, 0.15) is 23.3 Å². The molecule has 0 amide bonds. The number of hydrogen-bond acceptors (Lipinski definition) is 2. The molecule has 0 unspecified atom stereocenters. The van der Waals surface area contributed by atoms with Gasteiger partial charge in [0.2, 0.25) is 0 Å². The van der Waals surface area contributed by atoms with Crippen LogP contribution in [0.2, 0.25) is 0 Å². The summed E-state index contributed by atoms with van der Waals surface area (Å²) in [6, 6.07) is 8.42. The lowest BCUT2D eigenvalue weighted by atomic mass is 10.0. The third-order valence-electron chi connectivity index (χ3n) is 3.06. The van der Waals surface area contributed by atoms with E-state index in [0.29, 0.717) is 5.69 Å². The Morgan fingerprint density at radius 3 is 2.53 bits per heavy atom. The van der Waals surface area contributed by atoms with Crippen molar-refractivity contribution in [2.45, 2.75) is 20.8 Å². The molecule has 17 heavy (non-hydrogen) atoms. The SMILES string of the molecule is Cc1ccc(-c2nc(C)n(C)c2C#N)c(C)c1. The van der Waals surface area contributed by atoms with E-state index in [2.05, 4.69) is 24.0 Å². The number of imidazole rings is 1. The van der Waals surface area contributed by atoms with Crippen molar-refractivity contribution in [3.05, 3.63) is 40.8 Å². The van der Waals surface area contributed by atoms with Crippen LogP contribution in [0.3, 0.4) is 0 Å². The first kappa shape index (κ1) is 11.4. The standard InChI is InChI=1S/C14H15N3/c1-9-5-6-12(10(2)7-9)14-13(8-15)17(4)11(3)16-14/h5-7H,1-4H3. The van der Waals surface area contributed by atoms with Crippen LogP contribution in [0.15, 0.2) is 18.2 Å². The molecule has 1 aromatic heterocycles. The van der Waals surface area contributed by atoms with Gasteiger partial charge in [-0.15, -0.1) is 0 Å². The molecule has 2 rings (SSSR count). The molecular formula is C14H15N3. The number of nitriles is 1. The van der Waals surface area contributed by atoms with Crippen LogP contribution in [0.25, 0.3) is 11.3 Å². The van der Waals surface area contributed by atoms with Crippen LogP contribution in [0.1, 0.15) is 22.6 Å². The first-order chi connectivity index (χ1) is 8.04. The van der Waals surface area contributed by atoms with Gasteiger partial charge in [0.25, 0.3) is 0 Å². The Morgan fingerprint density at radius 1 is 1.24 bits per heavy atom. The van der Waals surface area contributed by atoms with E-state index in [1.54, 1.807) is 0 Å². The van der Waals surface area contributed by atoms with Gasteiger partial charge in [-0.1, -0.05) is 23.8 Å². The maximum Gasteiger partial charge on any atom is 0.147 e. The number of aromatic nitrogens is 2. The third kappa shape index (κ3) is 1.83. The lowest BCUT2D eigenvalue weighted by Gasteiger charge is -2.04. The van der Waals surface area contributed by atoms with Gasteiger partial charge in [-0.2, -0.15) is 5.26 Å². The predicted octanol–water partition coefficient (Wildman–Crippen LogP) is 2.88. The second kappa shape index (κ2) is 4.06. The van der Waals surface area contributed by atoms with Crippen LogP contribution < -0.4 is 0 Å². The molecule has 1 heterocycles. The Bertz CT molecular complexity index is 615. The fraction of sp³-hybridized carbons (Fsp3) is 0.286. The van der Waals surface area contributed by atoms with E-state index in [0.717, 1.165) is 22.6 Å². The molecule has 0 bridgehead atoms. The van der Waals surface area contributed by atoms with Gasteiger partial charge < -0.3 is 4.57 Å². The zero-order valence-electron chi connectivity index (χ0n) is 10.6. The second-order valence-electron chi connectivity index (χ2n) is 4.35. The van der Waals surface area contributed by atoms with E-state index in [1.165, 1.54) is 5.56 Å². The van der Waals surface area contributed by atoms with Gasteiger partial charge in [-0.25, -0.2) is 4.98 Å². The molecule has 0 aliphatic rings. The Hall–Kier alpha value is -2.08. The van der Waals surface area contributed by atoms with Crippen molar-refractivity contribution in [3.8, 4) is 17.3 Å². The Balaban J connectivity index is 2.69. The molecule has 1 aromatic carbocycles. The fourth-order valence-corrected chi connectivity index (χ4v) is 2.01. The largest absolute Gasteiger partial charge is 0.323 e. The van der Waals surface area contributed by atoms with Gasteiger partial charge in [0.05, 0.1) is 0 Å². The summed E-state index contributed by atoms with van der Waals surface area (Å²) in [5.74, 6) is 0.858. The summed E-state index contributed by atoms with van der Waals surface area (Å²) >= 11 is 0. The quantitative estimate of drug-likeness (QED) is 0.748. The Morgan fingerprint density at radius 2 is 1.94 bits per heavy atom. The van der Waals surface area contributed by atoms with Crippen molar-refractivity contribution in [1.82, 2.24) is 9.55 Å².